The lowest BCUT2D eigenvalue weighted by Gasteiger charge is -2.33. The van der Waals surface area contributed by atoms with Crippen molar-refractivity contribution in [3.63, 3.8) is 0 Å². The van der Waals surface area contributed by atoms with Crippen LogP contribution in [-0.2, 0) is 11.2 Å². The number of rotatable bonds is 3. The van der Waals surface area contributed by atoms with Crippen LogP contribution in [0, 0.1) is 0 Å². The second kappa shape index (κ2) is 3.91. The minimum Gasteiger partial charge on any atom is -0.349 e. The number of carbonyl (C=O) groups excluding carboxylic acids is 1. The Balaban J connectivity index is 2.05. The van der Waals surface area contributed by atoms with Crippen LogP contribution in [0.3, 0.4) is 0 Å². The number of nitrogens with one attached hydrogen (secondary N) is 1. The minimum atomic E-state index is -0.318. The first kappa shape index (κ1) is 11.1. The molecule has 1 amide bonds. The van der Waals surface area contributed by atoms with E-state index in [1.54, 1.807) is 0 Å². The maximum Gasteiger partial charge on any atom is 0.228 e. The Hall–Kier alpha value is -1.35. The first-order valence-electron chi connectivity index (χ1n) is 5.63. The zero-order valence-electron chi connectivity index (χ0n) is 9.79. The van der Waals surface area contributed by atoms with Crippen molar-refractivity contribution >= 4 is 5.91 Å². The summed E-state index contributed by atoms with van der Waals surface area (Å²) >= 11 is 0. The molecule has 0 aromatic heterocycles. The predicted molar refractivity (Wildman–Crippen MR) is 64.2 cm³/mol. The molecule has 1 aromatic rings. The fourth-order valence-corrected chi connectivity index (χ4v) is 1.96. The lowest BCUT2D eigenvalue weighted by atomic mass is 9.77. The molecule has 2 rings (SSSR count). The van der Waals surface area contributed by atoms with Crippen LogP contribution in [-0.4, -0.2) is 18.0 Å². The molecule has 0 aliphatic heterocycles. The fourth-order valence-electron chi connectivity index (χ4n) is 1.96. The van der Waals surface area contributed by atoms with E-state index < -0.39 is 0 Å². The summed E-state index contributed by atoms with van der Waals surface area (Å²) in [4.78, 5) is 12.0. The van der Waals surface area contributed by atoms with Gasteiger partial charge in [0.15, 0.2) is 0 Å². The second-order valence-corrected chi connectivity index (χ2v) is 5.03. The van der Waals surface area contributed by atoms with Crippen molar-refractivity contribution in [3.8, 4) is 0 Å². The minimum absolute atomic E-state index is 0.0158. The highest BCUT2D eigenvalue weighted by Crippen LogP contribution is 2.35. The highest BCUT2D eigenvalue weighted by molar-refractivity contribution is 5.87. The van der Waals surface area contributed by atoms with Gasteiger partial charge in [-0.1, -0.05) is 24.3 Å². The van der Waals surface area contributed by atoms with Crippen LogP contribution in [0.5, 0.6) is 0 Å². The van der Waals surface area contributed by atoms with Crippen LogP contribution in [0.1, 0.15) is 30.9 Å². The fraction of sp³-hybridized carbons (Fsp3) is 0.462. The highest BCUT2D eigenvalue weighted by Gasteiger charge is 2.33. The number of hydrogen-bond donors (Lipinski definition) is 2. The Morgan fingerprint density at radius 2 is 2.19 bits per heavy atom. The molecule has 1 atom stereocenters. The number of nitrogens with two attached hydrogens (primary N) is 1. The normalized spacial score (nSPS) is 18.6. The molecule has 1 aliphatic carbocycles. The summed E-state index contributed by atoms with van der Waals surface area (Å²) in [6.45, 7) is 4.33. The summed E-state index contributed by atoms with van der Waals surface area (Å²) in [6, 6.07) is 8.09. The molecular weight excluding hydrogens is 200 g/mol. The maximum absolute atomic E-state index is 12.0. The van der Waals surface area contributed by atoms with E-state index in [0.29, 0.717) is 6.54 Å². The maximum atomic E-state index is 12.0. The van der Waals surface area contributed by atoms with Crippen LogP contribution < -0.4 is 11.1 Å². The van der Waals surface area contributed by atoms with Crippen LogP contribution in [0.25, 0.3) is 0 Å². The smallest absolute Gasteiger partial charge is 0.228 e. The molecule has 3 nitrogen and oxygen atoms in total. The van der Waals surface area contributed by atoms with E-state index >= 15 is 0 Å². The highest BCUT2D eigenvalue weighted by atomic mass is 16.2. The monoisotopic (exact) mass is 218 g/mol. The third-order valence-electron chi connectivity index (χ3n) is 3.14. The van der Waals surface area contributed by atoms with E-state index in [1.165, 1.54) is 5.56 Å². The van der Waals surface area contributed by atoms with Crippen LogP contribution >= 0.6 is 0 Å². The summed E-state index contributed by atoms with van der Waals surface area (Å²) in [7, 11) is 0. The predicted octanol–water partition coefficient (Wildman–Crippen LogP) is 1.18. The molecule has 3 N–H and O–H groups in total. The Labute approximate surface area is 96.0 Å². The molecule has 3 heteroatoms. The molecule has 1 aliphatic rings. The number of hydrogen-bond acceptors (Lipinski definition) is 2. The van der Waals surface area contributed by atoms with Crippen molar-refractivity contribution in [2.45, 2.75) is 31.7 Å². The Morgan fingerprint density at radius 3 is 2.81 bits per heavy atom. The zero-order valence-corrected chi connectivity index (χ0v) is 9.79. The molecule has 0 radical (unpaired) electrons. The lowest BCUT2D eigenvalue weighted by Crippen LogP contribution is -2.51. The number of amides is 1. The van der Waals surface area contributed by atoms with E-state index in [1.807, 2.05) is 32.0 Å². The topological polar surface area (TPSA) is 55.1 Å². The molecule has 1 unspecified atom stereocenters. The van der Waals surface area contributed by atoms with E-state index in [0.717, 1.165) is 12.0 Å². The van der Waals surface area contributed by atoms with E-state index in [9.17, 15) is 4.79 Å². The molecule has 0 spiro atoms. The van der Waals surface area contributed by atoms with Crippen molar-refractivity contribution in [2.75, 3.05) is 6.54 Å². The van der Waals surface area contributed by atoms with Crippen molar-refractivity contribution in [2.24, 2.45) is 5.73 Å². The van der Waals surface area contributed by atoms with Gasteiger partial charge < -0.3 is 11.1 Å². The Morgan fingerprint density at radius 1 is 1.50 bits per heavy atom. The molecule has 1 aromatic carbocycles. The molecule has 0 saturated heterocycles. The van der Waals surface area contributed by atoms with Gasteiger partial charge in [0.25, 0.3) is 0 Å². The molecule has 0 fully saturated rings. The van der Waals surface area contributed by atoms with Crippen LogP contribution in [0.15, 0.2) is 24.3 Å². The van der Waals surface area contributed by atoms with E-state index in [-0.39, 0.29) is 17.4 Å². The van der Waals surface area contributed by atoms with Gasteiger partial charge in [0.1, 0.15) is 0 Å². The first-order valence-corrected chi connectivity index (χ1v) is 5.63. The molecule has 0 saturated carbocycles. The SMILES string of the molecule is CC(C)(CN)NC(=O)C1Cc2ccccc21. The molecule has 86 valence electrons. The first-order chi connectivity index (χ1) is 7.53. The van der Waals surface area contributed by atoms with E-state index in [4.69, 9.17) is 5.73 Å². The molecular formula is C13H18N2O. The summed E-state index contributed by atoms with van der Waals surface area (Å²) in [6.07, 6.45) is 0.850. The second-order valence-electron chi connectivity index (χ2n) is 5.03. The standard InChI is InChI=1S/C13H18N2O/c1-13(2,8-14)15-12(16)11-7-9-5-3-4-6-10(9)11/h3-6,11H,7-8,14H2,1-2H3,(H,15,16). The summed E-state index contributed by atoms with van der Waals surface area (Å²) in [5, 5.41) is 2.98. The number of benzene rings is 1. The van der Waals surface area contributed by atoms with Gasteiger partial charge in [-0.2, -0.15) is 0 Å². The number of fused-ring (bicyclic) bond motifs is 1. The Bertz CT molecular complexity index is 412. The van der Waals surface area contributed by atoms with Crippen molar-refractivity contribution < 1.29 is 4.79 Å². The average Bonchev–Trinajstić information content (AvgIpc) is 2.19. The van der Waals surface area contributed by atoms with E-state index in [2.05, 4.69) is 11.4 Å². The van der Waals surface area contributed by atoms with Gasteiger partial charge in [-0.25, -0.2) is 0 Å². The number of carbonyl (C=O) groups is 1. The Kier molecular flexibility index (Phi) is 2.72. The third-order valence-corrected chi connectivity index (χ3v) is 3.14. The van der Waals surface area contributed by atoms with Gasteiger partial charge in [0, 0.05) is 12.1 Å². The van der Waals surface area contributed by atoms with Gasteiger partial charge >= 0.3 is 0 Å². The summed E-state index contributed by atoms with van der Waals surface area (Å²) in [5.41, 5.74) is 7.72. The van der Waals surface area contributed by atoms with Crippen molar-refractivity contribution in [3.05, 3.63) is 35.4 Å². The van der Waals surface area contributed by atoms with Gasteiger partial charge in [0.05, 0.1) is 5.92 Å². The zero-order chi connectivity index (χ0) is 11.8. The quantitative estimate of drug-likeness (QED) is 0.800. The average molecular weight is 218 g/mol. The lowest BCUT2D eigenvalue weighted by molar-refractivity contribution is -0.124. The third kappa shape index (κ3) is 1.95. The molecule has 16 heavy (non-hydrogen) atoms. The molecule has 0 heterocycles. The summed E-state index contributed by atoms with van der Waals surface area (Å²) < 4.78 is 0. The van der Waals surface area contributed by atoms with Gasteiger partial charge in [-0.3, -0.25) is 4.79 Å². The van der Waals surface area contributed by atoms with Crippen LogP contribution in [0.4, 0.5) is 0 Å². The van der Waals surface area contributed by atoms with Crippen LogP contribution in [0.2, 0.25) is 0 Å². The largest absolute Gasteiger partial charge is 0.349 e. The molecule has 0 bridgehead atoms. The van der Waals surface area contributed by atoms with Crippen molar-refractivity contribution in [1.82, 2.24) is 5.32 Å². The van der Waals surface area contributed by atoms with Gasteiger partial charge in [0.2, 0.25) is 5.91 Å². The summed E-state index contributed by atoms with van der Waals surface area (Å²) in [5.74, 6) is 0.108. The van der Waals surface area contributed by atoms with Crippen molar-refractivity contribution in [1.29, 1.82) is 0 Å². The van der Waals surface area contributed by atoms with Gasteiger partial charge in [-0.15, -0.1) is 0 Å². The van der Waals surface area contributed by atoms with Gasteiger partial charge in [-0.05, 0) is 31.4 Å².